The topological polar surface area (TPSA) is 98.7 Å². The van der Waals surface area contributed by atoms with Crippen LogP contribution in [-0.4, -0.2) is 43.7 Å². The highest BCUT2D eigenvalue weighted by Crippen LogP contribution is 2.48. The molecule has 0 unspecified atom stereocenters. The van der Waals surface area contributed by atoms with E-state index >= 15 is 0 Å². The molecule has 1 atom stereocenters. The van der Waals surface area contributed by atoms with Crippen LogP contribution in [0.2, 0.25) is 0 Å². The Morgan fingerprint density at radius 1 is 1.13 bits per heavy atom. The van der Waals surface area contributed by atoms with Crippen LogP contribution in [0.1, 0.15) is 64.4 Å². The molecular formula is C27H39FIN3O5S. The summed E-state index contributed by atoms with van der Waals surface area (Å²) in [6.45, 7) is 7.30. The molecule has 2 N–H and O–H groups in total. The van der Waals surface area contributed by atoms with E-state index in [9.17, 15) is 17.6 Å². The van der Waals surface area contributed by atoms with Crippen LogP contribution in [0.5, 0.6) is 0 Å². The number of ether oxygens (including phenoxy) is 2. The Kier molecular flexibility index (Phi) is 11.0. The van der Waals surface area contributed by atoms with Crippen molar-refractivity contribution < 1.29 is 22.3 Å². The zero-order chi connectivity index (χ0) is 27.9. The number of nitrogens with zero attached hydrogens (tertiary/aromatic N) is 1. The van der Waals surface area contributed by atoms with Crippen molar-refractivity contribution in [1.82, 2.24) is 4.57 Å². The third-order valence-electron chi connectivity index (χ3n) is 6.80. The first kappa shape index (κ1) is 30.8. The van der Waals surface area contributed by atoms with Gasteiger partial charge in [-0.25, -0.2) is 12.8 Å². The average Bonchev–Trinajstić information content (AvgIpc) is 3.65. The Balaban J connectivity index is 1.86. The highest BCUT2D eigenvalue weighted by Gasteiger charge is 2.56. The number of sulfonamides is 1. The number of hydrogen-bond donors (Lipinski definition) is 2. The molecule has 1 aliphatic rings. The monoisotopic (exact) mass is 663 g/mol. The molecule has 1 heterocycles. The second-order valence-corrected chi connectivity index (χ2v) is 13.3. The van der Waals surface area contributed by atoms with Gasteiger partial charge in [0.2, 0.25) is 10.0 Å². The molecule has 0 saturated heterocycles. The van der Waals surface area contributed by atoms with Crippen molar-refractivity contribution in [3.63, 3.8) is 0 Å². The number of aryl methyl sites for hydroxylation is 1. The van der Waals surface area contributed by atoms with Gasteiger partial charge in [0.15, 0.2) is 0 Å². The van der Waals surface area contributed by atoms with Gasteiger partial charge in [0, 0.05) is 29.4 Å². The molecule has 1 fully saturated rings. The van der Waals surface area contributed by atoms with E-state index in [1.165, 1.54) is 23.7 Å². The van der Waals surface area contributed by atoms with Crippen LogP contribution in [0.25, 0.3) is 0 Å². The number of unbranched alkanes of at least 4 members (excludes halogenated alkanes) is 2. The molecule has 11 heteroatoms. The largest absolute Gasteiger partial charge is 0.379 e. The minimum atomic E-state index is -3.88. The van der Waals surface area contributed by atoms with Crippen LogP contribution in [-0.2, 0) is 26.5 Å². The van der Waals surface area contributed by atoms with Crippen molar-refractivity contribution in [1.29, 1.82) is 0 Å². The van der Waals surface area contributed by atoms with E-state index in [1.807, 2.05) is 22.6 Å². The Morgan fingerprint density at radius 3 is 2.45 bits per heavy atom. The number of rotatable bonds is 16. The van der Waals surface area contributed by atoms with Gasteiger partial charge in [-0.15, -0.1) is 0 Å². The standard InChI is InChI=1S/C27H39FIN3O5S/c1-5-7-13-36-18-21(37-14-8-6-2)17-27(11-12-27)38(34,35)31-24-15-19(3)26(33)32(4)25(24)30-23-10-9-20(29)16-22(23)28/h9-10,15-16,21,30-31H,5-8,11-14,17-18H2,1-4H3/t21-/m0/s1. The fourth-order valence-electron chi connectivity index (χ4n) is 4.25. The maximum atomic E-state index is 14.6. The number of anilines is 3. The molecule has 0 amide bonds. The zero-order valence-corrected chi connectivity index (χ0v) is 25.6. The number of aromatic nitrogens is 1. The van der Waals surface area contributed by atoms with Gasteiger partial charge in [0.1, 0.15) is 11.6 Å². The second kappa shape index (κ2) is 13.6. The van der Waals surface area contributed by atoms with Crippen molar-refractivity contribution in [2.75, 3.05) is 29.9 Å². The molecule has 1 aromatic carbocycles. The first-order valence-electron chi connectivity index (χ1n) is 13.2. The zero-order valence-electron chi connectivity index (χ0n) is 22.6. The van der Waals surface area contributed by atoms with E-state index in [1.54, 1.807) is 19.1 Å². The summed E-state index contributed by atoms with van der Waals surface area (Å²) < 4.78 is 57.7. The molecular weight excluding hydrogens is 624 g/mol. The summed E-state index contributed by atoms with van der Waals surface area (Å²) in [5.74, 6) is -0.341. The maximum Gasteiger partial charge on any atom is 0.254 e. The molecule has 2 aromatic rings. The van der Waals surface area contributed by atoms with Crippen molar-refractivity contribution in [2.45, 2.75) is 76.6 Å². The molecule has 8 nitrogen and oxygen atoms in total. The van der Waals surface area contributed by atoms with E-state index in [2.05, 4.69) is 23.9 Å². The molecule has 212 valence electrons. The first-order chi connectivity index (χ1) is 18.0. The minimum absolute atomic E-state index is 0.138. The van der Waals surface area contributed by atoms with Gasteiger partial charge >= 0.3 is 0 Å². The summed E-state index contributed by atoms with van der Waals surface area (Å²) >= 11 is 2.01. The summed E-state index contributed by atoms with van der Waals surface area (Å²) in [5, 5.41) is 2.93. The number of benzene rings is 1. The quantitative estimate of drug-likeness (QED) is 0.173. The van der Waals surface area contributed by atoms with Crippen LogP contribution in [0.15, 0.2) is 29.1 Å². The lowest BCUT2D eigenvalue weighted by atomic mass is 10.2. The van der Waals surface area contributed by atoms with Crippen LogP contribution in [0.4, 0.5) is 21.6 Å². The third kappa shape index (κ3) is 7.70. The highest BCUT2D eigenvalue weighted by atomic mass is 127. The SMILES string of the molecule is CCCCOC[C@H](CC1(S(=O)(=O)Nc2cc(C)c(=O)n(C)c2Nc2ccc(I)cc2F)CC1)OCCCC. The second-order valence-electron chi connectivity index (χ2n) is 9.97. The smallest absolute Gasteiger partial charge is 0.254 e. The number of nitrogens with one attached hydrogen (secondary N) is 2. The van der Waals surface area contributed by atoms with Crippen molar-refractivity contribution >= 4 is 49.8 Å². The van der Waals surface area contributed by atoms with Gasteiger partial charge in [-0.05, 0) is 85.9 Å². The minimum Gasteiger partial charge on any atom is -0.379 e. The van der Waals surface area contributed by atoms with Gasteiger partial charge in [0.05, 0.1) is 28.8 Å². The van der Waals surface area contributed by atoms with Crippen LogP contribution < -0.4 is 15.6 Å². The normalized spacial score (nSPS) is 15.3. The number of hydrogen-bond acceptors (Lipinski definition) is 6. The van der Waals surface area contributed by atoms with Crippen LogP contribution in [0.3, 0.4) is 0 Å². The van der Waals surface area contributed by atoms with E-state index in [4.69, 9.17) is 9.47 Å². The van der Waals surface area contributed by atoms with Gasteiger partial charge in [-0.1, -0.05) is 26.7 Å². The van der Waals surface area contributed by atoms with Crippen molar-refractivity contribution in [2.24, 2.45) is 7.05 Å². The van der Waals surface area contributed by atoms with E-state index in [0.717, 1.165) is 29.3 Å². The predicted molar refractivity (Wildman–Crippen MR) is 158 cm³/mol. The van der Waals surface area contributed by atoms with Gasteiger partial charge in [-0.2, -0.15) is 0 Å². The maximum absolute atomic E-state index is 14.6. The Hall–Kier alpha value is -1.70. The van der Waals surface area contributed by atoms with Gasteiger partial charge < -0.3 is 14.8 Å². The van der Waals surface area contributed by atoms with E-state index < -0.39 is 20.6 Å². The summed E-state index contributed by atoms with van der Waals surface area (Å²) in [6, 6.07) is 6.13. The third-order valence-corrected chi connectivity index (χ3v) is 9.67. The fourth-order valence-corrected chi connectivity index (χ4v) is 6.41. The first-order valence-corrected chi connectivity index (χ1v) is 15.7. The molecule has 0 aliphatic heterocycles. The molecule has 0 bridgehead atoms. The van der Waals surface area contributed by atoms with Crippen molar-refractivity contribution in [3.05, 3.63) is 49.6 Å². The Bertz CT molecular complexity index is 1260. The van der Waals surface area contributed by atoms with Crippen molar-refractivity contribution in [3.8, 4) is 0 Å². The Morgan fingerprint density at radius 2 is 1.82 bits per heavy atom. The van der Waals surface area contributed by atoms with E-state index in [-0.39, 0.29) is 28.9 Å². The summed E-state index contributed by atoms with van der Waals surface area (Å²) in [6.07, 6.45) is 4.83. The van der Waals surface area contributed by atoms with Gasteiger partial charge in [0.25, 0.3) is 5.56 Å². The summed E-state index contributed by atoms with van der Waals surface area (Å²) in [5.41, 5.74) is 0.390. The van der Waals surface area contributed by atoms with Crippen LogP contribution >= 0.6 is 22.6 Å². The molecule has 38 heavy (non-hydrogen) atoms. The van der Waals surface area contributed by atoms with E-state index in [0.29, 0.717) is 44.6 Å². The molecule has 3 rings (SSSR count). The lowest BCUT2D eigenvalue weighted by molar-refractivity contribution is -0.0231. The Labute approximate surface area is 238 Å². The molecule has 1 aromatic heterocycles. The average molecular weight is 664 g/mol. The van der Waals surface area contributed by atoms with Gasteiger partial charge in [-0.3, -0.25) is 14.1 Å². The number of halogens is 2. The molecule has 1 saturated carbocycles. The summed E-state index contributed by atoms with van der Waals surface area (Å²) in [7, 11) is -2.35. The molecule has 0 spiro atoms. The molecule has 0 radical (unpaired) electrons. The predicted octanol–water partition coefficient (Wildman–Crippen LogP) is 5.85. The molecule has 1 aliphatic carbocycles. The fraction of sp³-hybridized carbons (Fsp3) is 0.593. The lowest BCUT2D eigenvalue weighted by Crippen LogP contribution is -2.36. The highest BCUT2D eigenvalue weighted by molar-refractivity contribution is 14.1. The lowest BCUT2D eigenvalue weighted by Gasteiger charge is -2.25. The number of pyridine rings is 1. The van der Waals surface area contributed by atoms with Crippen LogP contribution in [0, 0.1) is 16.3 Å². The summed E-state index contributed by atoms with van der Waals surface area (Å²) in [4.78, 5) is 12.7.